The molecule has 0 spiro atoms. The third kappa shape index (κ3) is 5.17. The molecule has 1 aromatic carbocycles. The molecule has 0 unspecified atom stereocenters. The zero-order chi connectivity index (χ0) is 23.8. The summed E-state index contributed by atoms with van der Waals surface area (Å²) in [7, 11) is -3.55. The van der Waals surface area contributed by atoms with E-state index >= 15 is 0 Å². The lowest BCUT2D eigenvalue weighted by Crippen LogP contribution is -2.49. The number of hydrogen-bond donors (Lipinski definition) is 0. The summed E-state index contributed by atoms with van der Waals surface area (Å²) >= 11 is 0. The summed E-state index contributed by atoms with van der Waals surface area (Å²) in [5.41, 5.74) is 1.58. The number of nitrogens with zero attached hydrogens (tertiary/aromatic N) is 3. The summed E-state index contributed by atoms with van der Waals surface area (Å²) in [5.74, 6) is 2.04. The van der Waals surface area contributed by atoms with Crippen molar-refractivity contribution in [2.75, 3.05) is 26.3 Å². The number of aromatic nitrogens is 2. The topological polar surface area (TPSA) is 81.5 Å². The van der Waals surface area contributed by atoms with E-state index in [-0.39, 0.29) is 17.1 Å². The molecule has 7 nitrogen and oxygen atoms in total. The highest BCUT2D eigenvalue weighted by molar-refractivity contribution is 7.89. The number of ketones is 1. The number of ether oxygens (including phenoxy) is 1. The van der Waals surface area contributed by atoms with Gasteiger partial charge >= 0.3 is 0 Å². The summed E-state index contributed by atoms with van der Waals surface area (Å²) < 4.78 is 35.8. The van der Waals surface area contributed by atoms with Crippen molar-refractivity contribution in [3.8, 4) is 0 Å². The lowest BCUT2D eigenvalue weighted by atomic mass is 9.94. The van der Waals surface area contributed by atoms with E-state index in [1.54, 1.807) is 12.1 Å². The molecular formula is C25H37N3O4S. The molecule has 2 saturated heterocycles. The molecule has 0 radical (unpaired) electrons. The van der Waals surface area contributed by atoms with Crippen molar-refractivity contribution in [2.45, 2.75) is 76.7 Å². The van der Waals surface area contributed by atoms with Gasteiger partial charge in [0.1, 0.15) is 11.6 Å². The SMILES string of the molecule is CCC(=O)CCC1CN(S(=O)(=O)c2ccc3c(c2)nc(C(C)(C)C)n3CC2CCOCC2)C1. The first-order valence-corrected chi connectivity index (χ1v) is 13.6. The molecule has 1 aromatic heterocycles. The second-order valence-electron chi connectivity index (χ2n) is 10.6. The monoisotopic (exact) mass is 475 g/mol. The molecule has 2 aliphatic heterocycles. The minimum Gasteiger partial charge on any atom is -0.381 e. The van der Waals surface area contributed by atoms with Gasteiger partial charge < -0.3 is 9.30 Å². The van der Waals surface area contributed by atoms with E-state index < -0.39 is 10.0 Å². The lowest BCUT2D eigenvalue weighted by Gasteiger charge is -2.38. The molecule has 2 aromatic rings. The Kier molecular flexibility index (Phi) is 6.99. The average Bonchev–Trinajstić information content (AvgIpc) is 3.11. The Balaban J connectivity index is 1.56. The number of carbonyl (C=O) groups excluding carboxylic acids is 1. The Morgan fingerprint density at radius 3 is 2.48 bits per heavy atom. The Hall–Kier alpha value is -1.77. The minimum absolute atomic E-state index is 0.149. The van der Waals surface area contributed by atoms with Crippen LogP contribution in [0.4, 0.5) is 0 Å². The standard InChI is InChI=1S/C25H37N3O4S/c1-5-20(29)7-6-19-15-27(16-19)33(30,31)21-8-9-23-22(14-21)26-24(25(2,3)4)28(23)17-18-10-12-32-13-11-18/h8-9,14,18-19H,5-7,10-13,15-17H2,1-4H3. The van der Waals surface area contributed by atoms with E-state index in [2.05, 4.69) is 25.3 Å². The minimum atomic E-state index is -3.55. The normalized spacial score (nSPS) is 19.2. The van der Waals surface area contributed by atoms with E-state index in [9.17, 15) is 13.2 Å². The molecular weight excluding hydrogens is 438 g/mol. The maximum atomic E-state index is 13.2. The van der Waals surface area contributed by atoms with E-state index in [1.807, 2.05) is 13.0 Å². The first-order valence-electron chi connectivity index (χ1n) is 12.2. The van der Waals surface area contributed by atoms with Gasteiger partial charge in [0.2, 0.25) is 10.0 Å². The predicted octanol–water partition coefficient (Wildman–Crippen LogP) is 4.14. The van der Waals surface area contributed by atoms with Gasteiger partial charge in [-0.05, 0) is 49.3 Å². The van der Waals surface area contributed by atoms with E-state index in [4.69, 9.17) is 9.72 Å². The van der Waals surface area contributed by atoms with Crippen LogP contribution >= 0.6 is 0 Å². The third-order valence-corrected chi connectivity index (χ3v) is 8.79. The number of benzene rings is 1. The number of imidazole rings is 1. The van der Waals surface area contributed by atoms with Crippen molar-refractivity contribution in [3.05, 3.63) is 24.0 Å². The van der Waals surface area contributed by atoms with Crippen LogP contribution < -0.4 is 0 Å². The summed E-state index contributed by atoms with van der Waals surface area (Å²) in [6.07, 6.45) is 3.93. The Bertz CT molecular complexity index is 1100. The fraction of sp³-hybridized carbons (Fsp3) is 0.680. The van der Waals surface area contributed by atoms with Crippen LogP contribution in [-0.4, -0.2) is 54.4 Å². The van der Waals surface area contributed by atoms with Crippen LogP contribution in [0.1, 0.15) is 65.6 Å². The molecule has 2 fully saturated rings. The highest BCUT2D eigenvalue weighted by atomic mass is 32.2. The van der Waals surface area contributed by atoms with Crippen LogP contribution in [0.15, 0.2) is 23.1 Å². The van der Waals surface area contributed by atoms with Gasteiger partial charge in [0.15, 0.2) is 0 Å². The van der Waals surface area contributed by atoms with E-state index in [0.29, 0.717) is 36.7 Å². The van der Waals surface area contributed by atoms with Gasteiger partial charge in [0, 0.05) is 51.1 Å². The number of Topliss-reactive ketones (excluding diaryl/α,β-unsaturated/α-hetero) is 1. The molecule has 8 heteroatoms. The van der Waals surface area contributed by atoms with Crippen molar-refractivity contribution in [2.24, 2.45) is 11.8 Å². The number of fused-ring (bicyclic) bond motifs is 1. The molecule has 0 aliphatic carbocycles. The fourth-order valence-electron chi connectivity index (χ4n) is 4.81. The van der Waals surface area contributed by atoms with Gasteiger partial charge in [-0.2, -0.15) is 4.31 Å². The van der Waals surface area contributed by atoms with Crippen molar-refractivity contribution in [1.29, 1.82) is 0 Å². The molecule has 4 rings (SSSR count). The Morgan fingerprint density at radius 2 is 1.85 bits per heavy atom. The first kappa shape index (κ1) is 24.4. The van der Waals surface area contributed by atoms with Crippen LogP contribution in [0.2, 0.25) is 0 Å². The van der Waals surface area contributed by atoms with Gasteiger partial charge in [0.25, 0.3) is 0 Å². The van der Waals surface area contributed by atoms with Crippen LogP contribution in [0, 0.1) is 11.8 Å². The summed E-state index contributed by atoms with van der Waals surface area (Å²) in [6.45, 7) is 11.8. The molecule has 0 bridgehead atoms. The van der Waals surface area contributed by atoms with Crippen LogP contribution in [-0.2, 0) is 31.5 Å². The maximum Gasteiger partial charge on any atom is 0.243 e. The van der Waals surface area contributed by atoms with Crippen molar-refractivity contribution in [3.63, 3.8) is 0 Å². The molecule has 182 valence electrons. The van der Waals surface area contributed by atoms with Crippen LogP contribution in [0.3, 0.4) is 0 Å². The smallest absolute Gasteiger partial charge is 0.243 e. The van der Waals surface area contributed by atoms with Gasteiger partial charge in [0.05, 0.1) is 15.9 Å². The van der Waals surface area contributed by atoms with E-state index in [0.717, 1.165) is 55.9 Å². The maximum absolute atomic E-state index is 13.2. The average molecular weight is 476 g/mol. The van der Waals surface area contributed by atoms with Crippen molar-refractivity contribution < 1.29 is 17.9 Å². The summed E-state index contributed by atoms with van der Waals surface area (Å²) in [6, 6.07) is 5.37. The zero-order valence-electron chi connectivity index (χ0n) is 20.3. The summed E-state index contributed by atoms with van der Waals surface area (Å²) in [5, 5.41) is 0. The number of sulfonamides is 1. The first-order chi connectivity index (χ1) is 15.6. The number of carbonyl (C=O) groups is 1. The van der Waals surface area contributed by atoms with Gasteiger partial charge in [-0.3, -0.25) is 4.79 Å². The third-order valence-electron chi connectivity index (χ3n) is 6.96. The molecule has 0 N–H and O–H groups in total. The van der Waals surface area contributed by atoms with E-state index in [1.165, 1.54) is 4.31 Å². The highest BCUT2D eigenvalue weighted by Crippen LogP contribution is 2.33. The quantitative estimate of drug-likeness (QED) is 0.573. The fourth-order valence-corrected chi connectivity index (χ4v) is 6.42. The number of hydrogen-bond acceptors (Lipinski definition) is 5. The molecule has 0 atom stereocenters. The second kappa shape index (κ2) is 9.47. The molecule has 2 aliphatic rings. The zero-order valence-corrected chi connectivity index (χ0v) is 21.2. The van der Waals surface area contributed by atoms with Gasteiger partial charge in [-0.15, -0.1) is 0 Å². The molecule has 0 amide bonds. The predicted molar refractivity (Wildman–Crippen MR) is 129 cm³/mol. The molecule has 3 heterocycles. The van der Waals surface area contributed by atoms with Crippen LogP contribution in [0.5, 0.6) is 0 Å². The molecule has 33 heavy (non-hydrogen) atoms. The van der Waals surface area contributed by atoms with Gasteiger partial charge in [-0.25, -0.2) is 13.4 Å². The van der Waals surface area contributed by atoms with Crippen molar-refractivity contribution >= 4 is 26.8 Å². The van der Waals surface area contributed by atoms with Gasteiger partial charge in [-0.1, -0.05) is 27.7 Å². The summed E-state index contributed by atoms with van der Waals surface area (Å²) in [4.78, 5) is 16.8. The van der Waals surface area contributed by atoms with Crippen molar-refractivity contribution in [1.82, 2.24) is 13.9 Å². The largest absolute Gasteiger partial charge is 0.381 e. The second-order valence-corrected chi connectivity index (χ2v) is 12.6. The lowest BCUT2D eigenvalue weighted by molar-refractivity contribution is -0.119. The highest BCUT2D eigenvalue weighted by Gasteiger charge is 2.37. The molecule has 0 saturated carbocycles. The Labute approximate surface area is 197 Å². The number of rotatable bonds is 8. The van der Waals surface area contributed by atoms with Crippen LogP contribution in [0.25, 0.3) is 11.0 Å². The Morgan fingerprint density at radius 1 is 1.15 bits per heavy atom.